The fourth-order valence-corrected chi connectivity index (χ4v) is 2.42. The Morgan fingerprint density at radius 1 is 1.23 bits per heavy atom. The second kappa shape index (κ2) is 4.58. The molecule has 0 bridgehead atoms. The molecule has 1 aliphatic heterocycles. The van der Waals surface area contributed by atoms with Gasteiger partial charge in [0.25, 0.3) is 0 Å². The summed E-state index contributed by atoms with van der Waals surface area (Å²) in [5, 5.41) is 4.96. The maximum atomic E-state index is 4.20. The highest BCUT2D eigenvalue weighted by molar-refractivity contribution is 7.99. The van der Waals surface area contributed by atoms with Gasteiger partial charge in [0.05, 0.1) is 0 Å². The van der Waals surface area contributed by atoms with E-state index in [1.807, 2.05) is 6.07 Å². The van der Waals surface area contributed by atoms with E-state index in [-0.39, 0.29) is 0 Å². The number of hydrogen-bond acceptors (Lipinski definition) is 4. The molecule has 2 rings (SSSR count). The van der Waals surface area contributed by atoms with Crippen molar-refractivity contribution in [2.24, 2.45) is 0 Å². The van der Waals surface area contributed by atoms with E-state index in [0.29, 0.717) is 5.25 Å². The molecule has 0 amide bonds. The molecule has 3 nitrogen and oxygen atoms in total. The molecule has 1 saturated heterocycles. The van der Waals surface area contributed by atoms with E-state index in [1.54, 1.807) is 24.2 Å². The van der Waals surface area contributed by atoms with E-state index in [0.717, 1.165) is 18.2 Å². The smallest absolute Gasteiger partial charge is 0.187 e. The molecule has 0 spiro atoms. The Bertz CT molecular complexity index is 246. The molecule has 2 heterocycles. The molecule has 0 unspecified atom stereocenters. The molecule has 0 atom stereocenters. The number of nitrogens with one attached hydrogen (secondary N) is 1. The van der Waals surface area contributed by atoms with E-state index in [1.165, 1.54) is 12.8 Å². The van der Waals surface area contributed by atoms with Gasteiger partial charge < -0.3 is 5.32 Å². The van der Waals surface area contributed by atoms with Crippen molar-refractivity contribution in [3.05, 3.63) is 18.5 Å². The molecule has 0 aromatic carbocycles. The van der Waals surface area contributed by atoms with Crippen molar-refractivity contribution in [2.75, 3.05) is 13.1 Å². The van der Waals surface area contributed by atoms with Gasteiger partial charge in [-0.15, -0.1) is 0 Å². The molecule has 1 aromatic heterocycles. The van der Waals surface area contributed by atoms with Crippen LogP contribution in [-0.4, -0.2) is 28.3 Å². The SMILES string of the molecule is c1cnc(SC2CCNCC2)nc1. The van der Waals surface area contributed by atoms with E-state index in [9.17, 15) is 0 Å². The van der Waals surface area contributed by atoms with Crippen LogP contribution < -0.4 is 5.32 Å². The molecule has 1 aromatic rings. The van der Waals surface area contributed by atoms with Gasteiger partial charge in [0.1, 0.15) is 0 Å². The fourth-order valence-electron chi connectivity index (χ4n) is 1.41. The molecular formula is C9H13N3S. The minimum atomic E-state index is 0.698. The van der Waals surface area contributed by atoms with Crippen LogP contribution in [0.15, 0.2) is 23.6 Å². The second-order valence-electron chi connectivity index (χ2n) is 3.10. The third-order valence-electron chi connectivity index (χ3n) is 2.10. The average Bonchev–Trinajstić information content (AvgIpc) is 2.21. The van der Waals surface area contributed by atoms with Gasteiger partial charge in [-0.2, -0.15) is 0 Å². The summed E-state index contributed by atoms with van der Waals surface area (Å²) in [7, 11) is 0. The molecule has 70 valence electrons. The highest BCUT2D eigenvalue weighted by Crippen LogP contribution is 2.24. The summed E-state index contributed by atoms with van der Waals surface area (Å²) in [5.74, 6) is 0. The first-order chi connectivity index (χ1) is 6.45. The first-order valence-corrected chi connectivity index (χ1v) is 5.47. The van der Waals surface area contributed by atoms with Crippen molar-refractivity contribution in [1.82, 2.24) is 15.3 Å². The lowest BCUT2D eigenvalue weighted by atomic mass is 10.2. The van der Waals surface area contributed by atoms with Gasteiger partial charge in [-0.1, -0.05) is 11.8 Å². The van der Waals surface area contributed by atoms with Crippen LogP contribution in [0.4, 0.5) is 0 Å². The molecule has 1 aliphatic rings. The van der Waals surface area contributed by atoms with Gasteiger partial charge in [0.15, 0.2) is 5.16 Å². The Hall–Kier alpha value is -0.610. The Morgan fingerprint density at radius 3 is 2.62 bits per heavy atom. The standard InChI is InChI=1S/C9H13N3S/c1-4-11-9(12-5-1)13-8-2-6-10-7-3-8/h1,4-5,8,10H,2-3,6-7H2. The second-order valence-corrected chi connectivity index (χ2v) is 4.37. The van der Waals surface area contributed by atoms with Crippen molar-refractivity contribution >= 4 is 11.8 Å². The Morgan fingerprint density at radius 2 is 1.92 bits per heavy atom. The van der Waals surface area contributed by atoms with E-state index in [4.69, 9.17) is 0 Å². The number of piperidine rings is 1. The van der Waals surface area contributed by atoms with Crippen LogP contribution in [0, 0.1) is 0 Å². The highest BCUT2D eigenvalue weighted by Gasteiger charge is 2.14. The van der Waals surface area contributed by atoms with Crippen LogP contribution in [0.25, 0.3) is 0 Å². The normalized spacial score (nSPS) is 18.8. The number of rotatable bonds is 2. The lowest BCUT2D eigenvalue weighted by molar-refractivity contribution is 0.531. The highest BCUT2D eigenvalue weighted by atomic mass is 32.2. The summed E-state index contributed by atoms with van der Waals surface area (Å²) >= 11 is 1.80. The van der Waals surface area contributed by atoms with Crippen molar-refractivity contribution < 1.29 is 0 Å². The number of nitrogens with zero attached hydrogens (tertiary/aromatic N) is 2. The third-order valence-corrected chi connectivity index (χ3v) is 3.33. The van der Waals surface area contributed by atoms with Gasteiger partial charge in [0.2, 0.25) is 0 Å². The van der Waals surface area contributed by atoms with Crippen LogP contribution in [0.3, 0.4) is 0 Å². The summed E-state index contributed by atoms with van der Waals surface area (Å²) < 4.78 is 0. The fraction of sp³-hybridized carbons (Fsp3) is 0.556. The summed E-state index contributed by atoms with van der Waals surface area (Å²) in [4.78, 5) is 8.41. The Kier molecular flexibility index (Phi) is 3.16. The van der Waals surface area contributed by atoms with Crippen LogP contribution in [0.5, 0.6) is 0 Å². The van der Waals surface area contributed by atoms with E-state index >= 15 is 0 Å². The van der Waals surface area contributed by atoms with Crippen molar-refractivity contribution in [2.45, 2.75) is 23.2 Å². The van der Waals surface area contributed by atoms with Gasteiger partial charge in [0, 0.05) is 17.6 Å². The molecule has 4 heteroatoms. The zero-order chi connectivity index (χ0) is 8.93. The summed E-state index contributed by atoms with van der Waals surface area (Å²) in [6.07, 6.45) is 6.05. The largest absolute Gasteiger partial charge is 0.317 e. The van der Waals surface area contributed by atoms with Crippen LogP contribution >= 0.6 is 11.8 Å². The van der Waals surface area contributed by atoms with Gasteiger partial charge >= 0.3 is 0 Å². The van der Waals surface area contributed by atoms with Crippen LogP contribution in [-0.2, 0) is 0 Å². The topological polar surface area (TPSA) is 37.8 Å². The Balaban J connectivity index is 1.90. The molecule has 0 saturated carbocycles. The van der Waals surface area contributed by atoms with Gasteiger partial charge in [-0.05, 0) is 32.0 Å². The number of hydrogen-bond donors (Lipinski definition) is 1. The maximum Gasteiger partial charge on any atom is 0.187 e. The predicted octanol–water partition coefficient (Wildman–Crippen LogP) is 1.32. The zero-order valence-electron chi connectivity index (χ0n) is 7.44. The molecule has 1 fully saturated rings. The average molecular weight is 195 g/mol. The molecule has 13 heavy (non-hydrogen) atoms. The van der Waals surface area contributed by atoms with Gasteiger partial charge in [-0.25, -0.2) is 9.97 Å². The minimum absolute atomic E-state index is 0.698. The van der Waals surface area contributed by atoms with Crippen molar-refractivity contribution in [3.63, 3.8) is 0 Å². The Labute approximate surface area is 82.4 Å². The summed E-state index contributed by atoms with van der Waals surface area (Å²) in [6, 6.07) is 1.85. The van der Waals surface area contributed by atoms with Gasteiger partial charge in [-0.3, -0.25) is 0 Å². The lowest BCUT2D eigenvalue weighted by Crippen LogP contribution is -2.29. The predicted molar refractivity (Wildman–Crippen MR) is 53.8 cm³/mol. The molecular weight excluding hydrogens is 182 g/mol. The molecule has 0 radical (unpaired) electrons. The summed E-state index contributed by atoms with van der Waals surface area (Å²) in [5.41, 5.74) is 0. The number of aromatic nitrogens is 2. The van der Waals surface area contributed by atoms with Crippen LogP contribution in [0.1, 0.15) is 12.8 Å². The van der Waals surface area contributed by atoms with Crippen LogP contribution in [0.2, 0.25) is 0 Å². The zero-order valence-corrected chi connectivity index (χ0v) is 8.26. The first kappa shape index (κ1) is 8.97. The monoisotopic (exact) mass is 195 g/mol. The number of thioether (sulfide) groups is 1. The van der Waals surface area contributed by atoms with E-state index < -0.39 is 0 Å². The third kappa shape index (κ3) is 2.67. The quantitative estimate of drug-likeness (QED) is 0.722. The first-order valence-electron chi connectivity index (χ1n) is 4.59. The molecule has 0 aliphatic carbocycles. The minimum Gasteiger partial charge on any atom is -0.317 e. The molecule has 1 N–H and O–H groups in total. The van der Waals surface area contributed by atoms with Crippen molar-refractivity contribution in [1.29, 1.82) is 0 Å². The van der Waals surface area contributed by atoms with Crippen molar-refractivity contribution in [3.8, 4) is 0 Å². The van der Waals surface area contributed by atoms with E-state index in [2.05, 4.69) is 15.3 Å². The maximum absolute atomic E-state index is 4.20. The lowest BCUT2D eigenvalue weighted by Gasteiger charge is -2.20. The summed E-state index contributed by atoms with van der Waals surface area (Å²) in [6.45, 7) is 2.26.